The zero-order chi connectivity index (χ0) is 28.0. The van der Waals surface area contributed by atoms with Crippen LogP contribution in [0.3, 0.4) is 0 Å². The van der Waals surface area contributed by atoms with Gasteiger partial charge >= 0.3 is 0 Å². The van der Waals surface area contributed by atoms with E-state index in [2.05, 4.69) is 65.2 Å². The van der Waals surface area contributed by atoms with E-state index in [0.29, 0.717) is 36.7 Å². The number of carbonyl (C=O) groups is 1. The van der Waals surface area contributed by atoms with Crippen molar-refractivity contribution in [2.45, 2.75) is 51.2 Å². The third kappa shape index (κ3) is 4.85. The van der Waals surface area contributed by atoms with Crippen LogP contribution in [-0.4, -0.2) is 76.4 Å². The molecule has 4 heterocycles. The van der Waals surface area contributed by atoms with Crippen molar-refractivity contribution in [2.75, 3.05) is 44.8 Å². The first-order valence-electron chi connectivity index (χ1n) is 14.4. The number of hydrogen-bond acceptors (Lipinski definition) is 6. The largest absolute Gasteiger partial charge is 0.381 e. The standard InChI is InChI=1S/C31H39ClN6O2/c1-21(2)28-19-35(3)10-11-37(28)17-22-14-25-26(27(32)15-22)18-38(29(25)39)24-7-5-6-23(16-24)31(8-12-40-13-9-31)30-34-33-20-36(30)4/h5-7,14-16,20-21,28H,8-13,17-19H2,1-4H3/t28-/m1/s1. The van der Waals surface area contributed by atoms with Crippen LogP contribution in [0, 0.1) is 5.92 Å². The van der Waals surface area contributed by atoms with Crippen molar-refractivity contribution in [3.8, 4) is 0 Å². The number of rotatable bonds is 6. The number of aromatic nitrogens is 3. The van der Waals surface area contributed by atoms with Crippen LogP contribution < -0.4 is 4.90 Å². The molecule has 40 heavy (non-hydrogen) atoms. The maximum Gasteiger partial charge on any atom is 0.258 e. The monoisotopic (exact) mass is 562 g/mol. The van der Waals surface area contributed by atoms with Gasteiger partial charge in [0.15, 0.2) is 0 Å². The molecule has 3 aromatic rings. The molecule has 0 spiro atoms. The lowest BCUT2D eigenvalue weighted by Crippen LogP contribution is -2.53. The van der Waals surface area contributed by atoms with Crippen LogP contribution in [-0.2, 0) is 30.3 Å². The number of carbonyl (C=O) groups excluding carboxylic acids is 1. The molecule has 0 bridgehead atoms. The molecule has 2 saturated heterocycles. The molecule has 8 nitrogen and oxygen atoms in total. The van der Waals surface area contributed by atoms with Gasteiger partial charge in [-0.25, -0.2) is 0 Å². The summed E-state index contributed by atoms with van der Waals surface area (Å²) in [6.45, 7) is 10.3. The van der Waals surface area contributed by atoms with Gasteiger partial charge in [0.1, 0.15) is 12.2 Å². The van der Waals surface area contributed by atoms with Gasteiger partial charge in [0.05, 0.1) is 12.0 Å². The number of ether oxygens (including phenoxy) is 1. The number of nitrogens with zero attached hydrogens (tertiary/aromatic N) is 6. The summed E-state index contributed by atoms with van der Waals surface area (Å²) in [7, 11) is 4.18. The Balaban J connectivity index is 1.29. The number of anilines is 1. The molecule has 2 aromatic carbocycles. The molecule has 0 unspecified atom stereocenters. The van der Waals surface area contributed by atoms with Crippen LogP contribution in [0.1, 0.15) is 59.6 Å². The van der Waals surface area contributed by atoms with Crippen molar-refractivity contribution >= 4 is 23.2 Å². The van der Waals surface area contributed by atoms with E-state index in [1.54, 1.807) is 6.33 Å². The van der Waals surface area contributed by atoms with Gasteiger partial charge in [0.25, 0.3) is 5.91 Å². The van der Waals surface area contributed by atoms with Crippen molar-refractivity contribution in [3.63, 3.8) is 0 Å². The zero-order valence-electron chi connectivity index (χ0n) is 23.9. The van der Waals surface area contributed by atoms with Crippen LogP contribution in [0.4, 0.5) is 5.69 Å². The molecule has 2 fully saturated rings. The summed E-state index contributed by atoms with van der Waals surface area (Å²) < 4.78 is 7.74. The highest BCUT2D eigenvalue weighted by molar-refractivity contribution is 6.32. The fourth-order valence-corrected chi connectivity index (χ4v) is 7.12. The van der Waals surface area contributed by atoms with E-state index in [4.69, 9.17) is 16.3 Å². The Morgan fingerprint density at radius 3 is 2.65 bits per heavy atom. The lowest BCUT2D eigenvalue weighted by atomic mass is 9.73. The zero-order valence-corrected chi connectivity index (χ0v) is 24.7. The molecule has 3 aliphatic heterocycles. The van der Waals surface area contributed by atoms with Crippen LogP contribution in [0.5, 0.6) is 0 Å². The van der Waals surface area contributed by atoms with Gasteiger partial charge in [-0.2, -0.15) is 0 Å². The van der Waals surface area contributed by atoms with E-state index in [0.717, 1.165) is 72.8 Å². The number of benzene rings is 2. The first kappa shape index (κ1) is 27.4. The average Bonchev–Trinajstić information content (AvgIpc) is 3.53. The smallest absolute Gasteiger partial charge is 0.258 e. The summed E-state index contributed by atoms with van der Waals surface area (Å²) in [6.07, 6.45) is 3.38. The van der Waals surface area contributed by atoms with Crippen LogP contribution in [0.2, 0.25) is 5.02 Å². The highest BCUT2D eigenvalue weighted by Gasteiger charge is 2.41. The number of halogens is 1. The molecular formula is C31H39ClN6O2. The molecule has 0 N–H and O–H groups in total. The van der Waals surface area contributed by atoms with Gasteiger partial charge in [0, 0.05) is 74.3 Å². The summed E-state index contributed by atoms with van der Waals surface area (Å²) in [5.74, 6) is 1.49. The van der Waals surface area contributed by atoms with Gasteiger partial charge in [-0.15, -0.1) is 10.2 Å². The molecule has 9 heteroatoms. The first-order valence-corrected chi connectivity index (χ1v) is 14.7. The summed E-state index contributed by atoms with van der Waals surface area (Å²) in [4.78, 5) is 20.7. The van der Waals surface area contributed by atoms with Crippen LogP contribution >= 0.6 is 11.6 Å². The van der Waals surface area contributed by atoms with Crippen molar-refractivity contribution in [2.24, 2.45) is 13.0 Å². The van der Waals surface area contributed by atoms with E-state index in [9.17, 15) is 4.79 Å². The van der Waals surface area contributed by atoms with Crippen molar-refractivity contribution < 1.29 is 9.53 Å². The van der Waals surface area contributed by atoms with Crippen molar-refractivity contribution in [3.05, 3.63) is 75.8 Å². The number of hydrogen-bond donors (Lipinski definition) is 0. The molecule has 0 aliphatic carbocycles. The molecular weight excluding hydrogens is 524 g/mol. The Morgan fingerprint density at radius 1 is 1.12 bits per heavy atom. The van der Waals surface area contributed by atoms with Gasteiger partial charge in [-0.05, 0) is 61.2 Å². The SMILES string of the molecule is CC(C)[C@H]1CN(C)CCN1Cc1cc(Cl)c2c(c1)C(=O)N(c1cccc(C3(c4nncn4C)CCOCC3)c1)C2. The maximum atomic E-state index is 13.9. The summed E-state index contributed by atoms with van der Waals surface area (Å²) in [5.41, 5.74) is 4.44. The Morgan fingerprint density at radius 2 is 1.93 bits per heavy atom. The van der Waals surface area contributed by atoms with E-state index < -0.39 is 0 Å². The predicted octanol–water partition coefficient (Wildman–Crippen LogP) is 4.50. The molecule has 1 atom stereocenters. The van der Waals surface area contributed by atoms with Gasteiger partial charge < -0.3 is 19.1 Å². The highest BCUT2D eigenvalue weighted by atomic mass is 35.5. The molecule has 0 radical (unpaired) electrons. The Hall–Kier alpha value is -2.78. The lowest BCUT2D eigenvalue weighted by Gasteiger charge is -2.42. The Bertz CT molecular complexity index is 1400. The van der Waals surface area contributed by atoms with E-state index in [-0.39, 0.29) is 11.3 Å². The number of piperazine rings is 1. The Kier molecular flexibility index (Phi) is 7.46. The second-order valence-corrected chi connectivity index (χ2v) is 12.5. The first-order chi connectivity index (χ1) is 19.3. The summed E-state index contributed by atoms with van der Waals surface area (Å²) in [6, 6.07) is 13.0. The van der Waals surface area contributed by atoms with Crippen LogP contribution in [0.25, 0.3) is 0 Å². The lowest BCUT2D eigenvalue weighted by molar-refractivity contribution is 0.0571. The number of likely N-dealkylation sites (N-methyl/N-ethyl adjacent to an activating group) is 1. The minimum absolute atomic E-state index is 0.00868. The molecule has 0 saturated carbocycles. The molecule has 1 amide bonds. The van der Waals surface area contributed by atoms with Crippen molar-refractivity contribution in [1.82, 2.24) is 24.6 Å². The summed E-state index contributed by atoms with van der Waals surface area (Å²) >= 11 is 6.86. The molecule has 1 aromatic heterocycles. The average molecular weight is 563 g/mol. The second-order valence-electron chi connectivity index (χ2n) is 12.0. The third-order valence-corrected chi connectivity index (χ3v) is 9.47. The minimum Gasteiger partial charge on any atom is -0.381 e. The minimum atomic E-state index is -0.310. The number of fused-ring (bicyclic) bond motifs is 1. The van der Waals surface area contributed by atoms with E-state index in [1.807, 2.05) is 28.6 Å². The predicted molar refractivity (Wildman–Crippen MR) is 157 cm³/mol. The summed E-state index contributed by atoms with van der Waals surface area (Å²) in [5, 5.41) is 9.35. The Labute approximate surface area is 241 Å². The molecule has 212 valence electrons. The number of aryl methyl sites for hydroxylation is 1. The molecule has 3 aliphatic rings. The second kappa shape index (κ2) is 10.9. The third-order valence-electron chi connectivity index (χ3n) is 9.14. The normalized spacial score (nSPS) is 21.8. The van der Waals surface area contributed by atoms with E-state index in [1.165, 1.54) is 0 Å². The highest BCUT2D eigenvalue weighted by Crippen LogP contribution is 2.42. The fraction of sp³-hybridized carbons (Fsp3) is 0.516. The van der Waals surface area contributed by atoms with Gasteiger partial charge in [0.2, 0.25) is 0 Å². The molecule has 6 rings (SSSR count). The van der Waals surface area contributed by atoms with Crippen molar-refractivity contribution in [1.29, 1.82) is 0 Å². The topological polar surface area (TPSA) is 66.7 Å². The number of amides is 1. The maximum absolute atomic E-state index is 13.9. The quantitative estimate of drug-likeness (QED) is 0.441. The van der Waals surface area contributed by atoms with Gasteiger partial charge in [-0.1, -0.05) is 37.6 Å². The fourth-order valence-electron chi connectivity index (χ4n) is 6.82. The van der Waals surface area contributed by atoms with E-state index >= 15 is 0 Å². The van der Waals surface area contributed by atoms with Crippen LogP contribution in [0.15, 0.2) is 42.7 Å². The van der Waals surface area contributed by atoms with Gasteiger partial charge in [-0.3, -0.25) is 9.69 Å².